The van der Waals surface area contributed by atoms with Crippen molar-refractivity contribution in [3.8, 4) is 5.95 Å². The van der Waals surface area contributed by atoms with Gasteiger partial charge in [0.05, 0.1) is 12.4 Å². The van der Waals surface area contributed by atoms with Crippen LogP contribution in [-0.4, -0.2) is 25.7 Å². The van der Waals surface area contributed by atoms with Crippen molar-refractivity contribution in [1.29, 1.82) is 0 Å². The van der Waals surface area contributed by atoms with Gasteiger partial charge in [0, 0.05) is 24.2 Å². The molecule has 0 saturated heterocycles. The van der Waals surface area contributed by atoms with E-state index in [0.717, 1.165) is 17.6 Å². The molecule has 2 aromatic heterocycles. The number of hydrogen-bond donors (Lipinski definition) is 0. The van der Waals surface area contributed by atoms with Crippen LogP contribution in [0.4, 0.5) is 13.2 Å². The van der Waals surface area contributed by atoms with Gasteiger partial charge in [-0.25, -0.2) is 27.8 Å². The smallest absolute Gasteiger partial charge is 0.216 e. The van der Waals surface area contributed by atoms with Crippen molar-refractivity contribution in [2.45, 2.75) is 45.0 Å². The molecule has 0 atom stereocenters. The number of aryl methyl sites for hydroxylation is 1. The Bertz CT molecular complexity index is 659. The molecule has 0 N–H and O–H groups in total. The van der Waals surface area contributed by atoms with Crippen molar-refractivity contribution in [3.05, 3.63) is 35.7 Å². The zero-order chi connectivity index (χ0) is 15.7. The first kappa shape index (κ1) is 15.0. The summed E-state index contributed by atoms with van der Waals surface area (Å²) >= 11 is 0. The van der Waals surface area contributed by atoms with E-state index >= 15 is 0 Å². The van der Waals surface area contributed by atoms with Gasteiger partial charge in [-0.3, -0.25) is 0 Å². The molecule has 2 heterocycles. The Balaban J connectivity index is 1.76. The minimum absolute atomic E-state index is 0.0566. The molecule has 0 unspecified atom stereocenters. The van der Waals surface area contributed by atoms with Crippen molar-refractivity contribution in [3.63, 3.8) is 0 Å². The van der Waals surface area contributed by atoms with Crippen LogP contribution in [0.2, 0.25) is 0 Å². The number of nitrogens with zero attached hydrogens (tertiary/aromatic N) is 4. The first-order valence-electron chi connectivity index (χ1n) is 7.34. The highest BCUT2D eigenvalue weighted by Gasteiger charge is 2.34. The van der Waals surface area contributed by atoms with Gasteiger partial charge in [0.25, 0.3) is 5.95 Å². The van der Waals surface area contributed by atoms with Crippen LogP contribution in [0.5, 0.6) is 0 Å². The second-order valence-corrected chi connectivity index (χ2v) is 5.91. The molecule has 0 spiro atoms. The zero-order valence-electron chi connectivity index (χ0n) is 12.3. The van der Waals surface area contributed by atoms with E-state index in [0.29, 0.717) is 25.2 Å². The van der Waals surface area contributed by atoms with Gasteiger partial charge in [-0.05, 0) is 38.2 Å². The summed E-state index contributed by atoms with van der Waals surface area (Å²) in [5.41, 5.74) is 1.53. The lowest BCUT2D eigenvalue weighted by molar-refractivity contribution is -0.0457. The largest absolute Gasteiger partial charge is 0.251 e. The fourth-order valence-corrected chi connectivity index (χ4v) is 2.83. The van der Waals surface area contributed by atoms with Crippen LogP contribution in [0.3, 0.4) is 0 Å². The van der Waals surface area contributed by atoms with Crippen molar-refractivity contribution < 1.29 is 13.2 Å². The lowest BCUT2D eigenvalue weighted by atomic mass is 9.84. The summed E-state index contributed by atoms with van der Waals surface area (Å²) in [5.74, 6) is -2.46. The Morgan fingerprint density at radius 2 is 2.00 bits per heavy atom. The molecular formula is C15H17F3N4. The first-order valence-corrected chi connectivity index (χ1v) is 7.34. The highest BCUT2D eigenvalue weighted by Crippen LogP contribution is 2.37. The molecule has 0 amide bonds. The zero-order valence-corrected chi connectivity index (χ0v) is 12.3. The van der Waals surface area contributed by atoms with Crippen LogP contribution < -0.4 is 0 Å². The summed E-state index contributed by atoms with van der Waals surface area (Å²) in [6, 6.07) is 1.84. The average Bonchev–Trinajstić information content (AvgIpc) is 2.87. The average molecular weight is 310 g/mol. The Morgan fingerprint density at radius 1 is 1.27 bits per heavy atom. The molecule has 118 valence electrons. The molecule has 1 fully saturated rings. The van der Waals surface area contributed by atoms with Crippen molar-refractivity contribution in [1.82, 2.24) is 19.7 Å². The molecule has 0 aliphatic heterocycles. The molecule has 1 aliphatic rings. The minimum Gasteiger partial charge on any atom is -0.216 e. The Morgan fingerprint density at radius 3 is 2.64 bits per heavy atom. The van der Waals surface area contributed by atoms with Crippen molar-refractivity contribution >= 4 is 0 Å². The molecule has 3 rings (SSSR count). The summed E-state index contributed by atoms with van der Waals surface area (Å²) in [5, 5.41) is 3.85. The molecule has 7 heteroatoms. The molecule has 1 aliphatic carbocycles. The number of alkyl halides is 2. The summed E-state index contributed by atoms with van der Waals surface area (Å²) in [6.07, 6.45) is 3.83. The van der Waals surface area contributed by atoms with E-state index < -0.39 is 11.7 Å². The van der Waals surface area contributed by atoms with Gasteiger partial charge in [0.1, 0.15) is 0 Å². The van der Waals surface area contributed by atoms with Crippen LogP contribution >= 0.6 is 0 Å². The highest BCUT2D eigenvalue weighted by atomic mass is 19.3. The highest BCUT2D eigenvalue weighted by molar-refractivity contribution is 5.19. The Kier molecular flexibility index (Phi) is 3.88. The molecule has 0 aromatic carbocycles. The minimum atomic E-state index is -2.52. The van der Waals surface area contributed by atoms with E-state index in [1.54, 1.807) is 0 Å². The van der Waals surface area contributed by atoms with Gasteiger partial charge in [0.15, 0.2) is 5.82 Å². The predicted molar refractivity (Wildman–Crippen MR) is 74.5 cm³/mol. The SMILES string of the molecule is Cc1cc(CC2CCC(F)(F)CC2)nc(-n2cc(F)cn2)n1. The summed E-state index contributed by atoms with van der Waals surface area (Å²) in [6.45, 7) is 1.82. The molecule has 1 saturated carbocycles. The summed E-state index contributed by atoms with van der Waals surface area (Å²) in [7, 11) is 0. The van der Waals surface area contributed by atoms with Gasteiger partial charge in [0.2, 0.25) is 5.92 Å². The van der Waals surface area contributed by atoms with Crippen LogP contribution in [0, 0.1) is 18.7 Å². The van der Waals surface area contributed by atoms with Crippen LogP contribution in [-0.2, 0) is 6.42 Å². The van der Waals surface area contributed by atoms with Crippen LogP contribution in [0.1, 0.15) is 37.1 Å². The molecule has 0 radical (unpaired) electrons. The third kappa shape index (κ3) is 3.45. The van der Waals surface area contributed by atoms with Gasteiger partial charge >= 0.3 is 0 Å². The molecule has 0 bridgehead atoms. The molecular weight excluding hydrogens is 293 g/mol. The van der Waals surface area contributed by atoms with E-state index in [9.17, 15) is 13.2 Å². The van der Waals surface area contributed by atoms with Gasteiger partial charge in [-0.2, -0.15) is 5.10 Å². The van der Waals surface area contributed by atoms with Crippen LogP contribution in [0.25, 0.3) is 5.95 Å². The molecule has 4 nitrogen and oxygen atoms in total. The first-order chi connectivity index (χ1) is 10.4. The van der Waals surface area contributed by atoms with Gasteiger partial charge < -0.3 is 0 Å². The maximum absolute atomic E-state index is 13.2. The monoisotopic (exact) mass is 310 g/mol. The normalized spacial score (nSPS) is 18.5. The standard InChI is InChI=1S/C15H17F3N4/c1-10-6-13(7-11-2-4-15(17,18)5-3-11)21-14(20-10)22-9-12(16)8-19-22/h6,8-9,11H,2-5,7H2,1H3. The van der Waals surface area contributed by atoms with Crippen molar-refractivity contribution in [2.75, 3.05) is 0 Å². The Labute approximate surface area is 126 Å². The second kappa shape index (κ2) is 5.70. The third-order valence-electron chi connectivity index (χ3n) is 3.99. The lowest BCUT2D eigenvalue weighted by Crippen LogP contribution is -2.25. The number of rotatable bonds is 3. The van der Waals surface area contributed by atoms with E-state index in [-0.39, 0.29) is 18.8 Å². The maximum Gasteiger partial charge on any atom is 0.251 e. The number of hydrogen-bond acceptors (Lipinski definition) is 3. The number of aromatic nitrogens is 4. The van der Waals surface area contributed by atoms with E-state index in [2.05, 4.69) is 15.1 Å². The third-order valence-corrected chi connectivity index (χ3v) is 3.99. The molecule has 2 aromatic rings. The summed E-state index contributed by atoms with van der Waals surface area (Å²) in [4.78, 5) is 8.62. The van der Waals surface area contributed by atoms with Gasteiger partial charge in [-0.1, -0.05) is 0 Å². The maximum atomic E-state index is 13.2. The quantitative estimate of drug-likeness (QED) is 0.872. The summed E-state index contributed by atoms with van der Waals surface area (Å²) < 4.78 is 40.7. The fourth-order valence-electron chi connectivity index (χ4n) is 2.83. The second-order valence-electron chi connectivity index (χ2n) is 5.91. The molecule has 22 heavy (non-hydrogen) atoms. The van der Waals surface area contributed by atoms with E-state index in [1.165, 1.54) is 10.9 Å². The van der Waals surface area contributed by atoms with E-state index in [4.69, 9.17) is 0 Å². The van der Waals surface area contributed by atoms with E-state index in [1.807, 2.05) is 13.0 Å². The van der Waals surface area contributed by atoms with Crippen LogP contribution in [0.15, 0.2) is 18.5 Å². The van der Waals surface area contributed by atoms with Gasteiger partial charge in [-0.15, -0.1) is 0 Å². The topological polar surface area (TPSA) is 43.6 Å². The predicted octanol–water partition coefficient (Wildman–Crippen LogP) is 3.48. The van der Waals surface area contributed by atoms with Crippen molar-refractivity contribution in [2.24, 2.45) is 5.92 Å². The fraction of sp³-hybridized carbons (Fsp3) is 0.533. The lowest BCUT2D eigenvalue weighted by Gasteiger charge is -2.28. The Hall–Kier alpha value is -1.92. The number of halogens is 3.